The first-order valence-electron chi connectivity index (χ1n) is 9.61. The molecule has 1 aromatic heterocycles. The molecule has 1 N–H and O–H groups in total. The maximum absolute atomic E-state index is 12.9. The van der Waals surface area contributed by atoms with Crippen molar-refractivity contribution in [3.05, 3.63) is 71.5 Å². The lowest BCUT2D eigenvalue weighted by atomic mass is 10.0. The number of rotatable bonds is 4. The number of benzene rings is 2. The summed E-state index contributed by atoms with van der Waals surface area (Å²) in [6, 6.07) is 14.9. The molecule has 0 spiro atoms. The van der Waals surface area contributed by atoms with Crippen LogP contribution in [0.2, 0.25) is 0 Å². The monoisotopic (exact) mass is 390 g/mol. The Morgan fingerprint density at radius 3 is 2.59 bits per heavy atom. The van der Waals surface area contributed by atoms with Gasteiger partial charge in [-0.05, 0) is 60.0 Å². The van der Waals surface area contributed by atoms with Crippen molar-refractivity contribution in [2.24, 2.45) is 0 Å². The highest BCUT2D eigenvalue weighted by molar-refractivity contribution is 5.96. The lowest BCUT2D eigenvalue weighted by Crippen LogP contribution is -2.46. The van der Waals surface area contributed by atoms with Crippen LogP contribution in [0.15, 0.2) is 54.9 Å². The molecule has 1 aliphatic rings. The van der Waals surface area contributed by atoms with Gasteiger partial charge in [0.1, 0.15) is 6.33 Å². The summed E-state index contributed by atoms with van der Waals surface area (Å²) >= 11 is 0. The van der Waals surface area contributed by atoms with E-state index < -0.39 is 0 Å². The van der Waals surface area contributed by atoms with E-state index in [1.54, 1.807) is 12.1 Å². The molecule has 0 bridgehead atoms. The minimum absolute atomic E-state index is 0.0244. The van der Waals surface area contributed by atoms with Crippen LogP contribution in [0, 0.1) is 6.92 Å². The summed E-state index contributed by atoms with van der Waals surface area (Å²) < 4.78 is 1.52. The summed E-state index contributed by atoms with van der Waals surface area (Å²) in [6.45, 7) is 3.14. The number of hydrogen-bond donors (Lipinski definition) is 1. The summed E-state index contributed by atoms with van der Waals surface area (Å²) in [5.41, 5.74) is 2.99. The normalized spacial score (nSPS) is 14.6. The number of likely N-dealkylation sites (tertiary alicyclic amines) is 1. The zero-order valence-electron chi connectivity index (χ0n) is 16.2. The first kappa shape index (κ1) is 18.8. The van der Waals surface area contributed by atoms with Crippen molar-refractivity contribution in [1.29, 1.82) is 0 Å². The van der Waals surface area contributed by atoms with Crippen LogP contribution in [0.25, 0.3) is 5.69 Å². The molecule has 148 valence electrons. The van der Waals surface area contributed by atoms with E-state index in [1.165, 1.54) is 11.0 Å². The van der Waals surface area contributed by atoms with Crippen molar-refractivity contribution < 1.29 is 9.59 Å². The number of carbonyl (C=O) groups is 2. The predicted octanol–water partition coefficient (Wildman–Crippen LogP) is 2.01. The highest BCUT2D eigenvalue weighted by Gasteiger charge is 2.25. The average Bonchev–Trinajstić information content (AvgIpc) is 3.29. The topological polar surface area (TPSA) is 93.0 Å². The number of amides is 2. The average molecular weight is 390 g/mol. The second-order valence-electron chi connectivity index (χ2n) is 7.16. The molecule has 0 atom stereocenters. The molecule has 0 saturated carbocycles. The van der Waals surface area contributed by atoms with Gasteiger partial charge in [-0.1, -0.05) is 24.3 Å². The third-order valence-corrected chi connectivity index (χ3v) is 5.21. The first-order valence-corrected chi connectivity index (χ1v) is 9.61. The molecule has 0 radical (unpaired) electrons. The first-order chi connectivity index (χ1) is 14.1. The maximum atomic E-state index is 12.9. The Labute approximate surface area is 168 Å². The fourth-order valence-corrected chi connectivity index (χ4v) is 3.56. The van der Waals surface area contributed by atoms with Crippen molar-refractivity contribution in [2.45, 2.75) is 25.8 Å². The number of piperidine rings is 1. The summed E-state index contributed by atoms with van der Waals surface area (Å²) in [6.07, 6.45) is 2.96. The Morgan fingerprint density at radius 1 is 1.07 bits per heavy atom. The van der Waals surface area contributed by atoms with Crippen LogP contribution >= 0.6 is 0 Å². The number of nitrogens with zero attached hydrogens (tertiary/aromatic N) is 5. The molecule has 4 rings (SSSR count). The zero-order valence-corrected chi connectivity index (χ0v) is 16.2. The van der Waals surface area contributed by atoms with Crippen molar-refractivity contribution in [3.8, 4) is 5.69 Å². The Bertz CT molecular complexity index is 1010. The fourth-order valence-electron chi connectivity index (χ4n) is 3.56. The van der Waals surface area contributed by atoms with Gasteiger partial charge in [-0.15, -0.1) is 5.10 Å². The molecule has 8 nitrogen and oxygen atoms in total. The molecule has 0 aliphatic carbocycles. The zero-order chi connectivity index (χ0) is 20.2. The van der Waals surface area contributed by atoms with E-state index in [2.05, 4.69) is 20.8 Å². The van der Waals surface area contributed by atoms with E-state index >= 15 is 0 Å². The molecule has 3 aromatic rings. The lowest BCUT2D eigenvalue weighted by molar-refractivity contribution is 0.0698. The Morgan fingerprint density at radius 2 is 1.86 bits per heavy atom. The minimum Gasteiger partial charge on any atom is -0.349 e. The van der Waals surface area contributed by atoms with E-state index in [-0.39, 0.29) is 17.9 Å². The van der Waals surface area contributed by atoms with Crippen LogP contribution in [0.5, 0.6) is 0 Å². The van der Waals surface area contributed by atoms with Crippen molar-refractivity contribution >= 4 is 11.8 Å². The van der Waals surface area contributed by atoms with E-state index in [0.717, 1.165) is 24.1 Å². The van der Waals surface area contributed by atoms with E-state index in [4.69, 9.17) is 0 Å². The van der Waals surface area contributed by atoms with E-state index in [0.29, 0.717) is 24.2 Å². The quantitative estimate of drug-likeness (QED) is 0.736. The molecule has 29 heavy (non-hydrogen) atoms. The van der Waals surface area contributed by atoms with Crippen molar-refractivity contribution in [1.82, 2.24) is 30.4 Å². The third-order valence-electron chi connectivity index (χ3n) is 5.21. The van der Waals surface area contributed by atoms with E-state index in [9.17, 15) is 9.59 Å². The highest BCUT2D eigenvalue weighted by Crippen LogP contribution is 2.17. The molecule has 8 heteroatoms. The smallest absolute Gasteiger partial charge is 0.253 e. The standard InChI is InChI=1S/C21H22N6O2/c1-15-5-2-3-8-19(15)20(28)23-17-9-11-26(12-10-17)21(29)16-6-4-7-18(13-16)27-14-22-24-25-27/h2-8,13-14,17H,9-12H2,1H3,(H,23,28). The maximum Gasteiger partial charge on any atom is 0.253 e. The number of tetrazole rings is 1. The van der Waals surface area contributed by atoms with Gasteiger partial charge in [0.25, 0.3) is 11.8 Å². The third kappa shape index (κ3) is 4.16. The second kappa shape index (κ2) is 8.22. The predicted molar refractivity (Wildman–Crippen MR) is 107 cm³/mol. The van der Waals surface area contributed by atoms with E-state index in [1.807, 2.05) is 48.2 Å². The summed E-state index contributed by atoms with van der Waals surface area (Å²) in [5.74, 6) is -0.0781. The molecule has 2 aromatic carbocycles. The van der Waals surface area contributed by atoms with Crippen LogP contribution in [0.4, 0.5) is 0 Å². The highest BCUT2D eigenvalue weighted by atomic mass is 16.2. The molecular formula is C21H22N6O2. The van der Waals surface area contributed by atoms with Crippen molar-refractivity contribution in [2.75, 3.05) is 13.1 Å². The Kier molecular flexibility index (Phi) is 5.33. The molecular weight excluding hydrogens is 368 g/mol. The molecule has 1 aliphatic heterocycles. The number of aryl methyl sites for hydroxylation is 1. The van der Waals surface area contributed by atoms with Gasteiger partial charge in [0.05, 0.1) is 5.69 Å². The van der Waals surface area contributed by atoms with Crippen LogP contribution in [0.1, 0.15) is 39.1 Å². The van der Waals surface area contributed by atoms with Gasteiger partial charge in [-0.25, -0.2) is 4.68 Å². The van der Waals surface area contributed by atoms with Gasteiger partial charge >= 0.3 is 0 Å². The van der Waals surface area contributed by atoms with Crippen LogP contribution in [0.3, 0.4) is 0 Å². The summed E-state index contributed by atoms with van der Waals surface area (Å²) in [4.78, 5) is 27.2. The SMILES string of the molecule is Cc1ccccc1C(=O)NC1CCN(C(=O)c2cccc(-n3cnnn3)c2)CC1. The number of carbonyl (C=O) groups excluding carboxylic acids is 2. The molecule has 2 amide bonds. The Hall–Kier alpha value is -3.55. The van der Waals surface area contributed by atoms with Gasteiger partial charge in [-0.3, -0.25) is 9.59 Å². The van der Waals surface area contributed by atoms with Gasteiger partial charge in [0.2, 0.25) is 0 Å². The molecule has 0 unspecified atom stereocenters. The van der Waals surface area contributed by atoms with Crippen LogP contribution in [-0.4, -0.2) is 56.1 Å². The van der Waals surface area contributed by atoms with Gasteiger partial charge in [-0.2, -0.15) is 0 Å². The second-order valence-corrected chi connectivity index (χ2v) is 7.16. The molecule has 1 fully saturated rings. The summed E-state index contributed by atoms with van der Waals surface area (Å²) in [5, 5.41) is 14.2. The van der Waals surface area contributed by atoms with Gasteiger partial charge in [0.15, 0.2) is 0 Å². The number of aromatic nitrogens is 4. The van der Waals surface area contributed by atoms with Crippen LogP contribution < -0.4 is 5.32 Å². The fraction of sp³-hybridized carbons (Fsp3) is 0.286. The number of hydrogen-bond acceptors (Lipinski definition) is 5. The summed E-state index contributed by atoms with van der Waals surface area (Å²) in [7, 11) is 0. The number of nitrogens with one attached hydrogen (secondary N) is 1. The van der Waals surface area contributed by atoms with Crippen molar-refractivity contribution in [3.63, 3.8) is 0 Å². The Balaban J connectivity index is 1.36. The van der Waals surface area contributed by atoms with Gasteiger partial charge < -0.3 is 10.2 Å². The van der Waals surface area contributed by atoms with Crippen LogP contribution in [-0.2, 0) is 0 Å². The molecule has 1 saturated heterocycles. The minimum atomic E-state index is -0.0537. The molecule has 2 heterocycles. The largest absolute Gasteiger partial charge is 0.349 e. The lowest BCUT2D eigenvalue weighted by Gasteiger charge is -2.32. The van der Waals surface area contributed by atoms with Gasteiger partial charge in [0, 0.05) is 30.3 Å².